The largest absolute Gasteiger partial charge is 0.480 e. The number of aliphatic hydroxyl groups is 1. The second kappa shape index (κ2) is 6.41. The Morgan fingerprint density at radius 2 is 2.14 bits per heavy atom. The molecule has 112 valence electrons. The Kier molecular flexibility index (Phi) is 4.59. The number of rotatable bonds is 5. The van der Waals surface area contributed by atoms with Crippen LogP contribution in [0.5, 0.6) is 0 Å². The van der Waals surface area contributed by atoms with Crippen LogP contribution in [-0.2, 0) is 11.2 Å². The lowest BCUT2D eigenvalue weighted by atomic mass is 10.1. The van der Waals surface area contributed by atoms with Crippen LogP contribution in [0.3, 0.4) is 0 Å². The van der Waals surface area contributed by atoms with Crippen LogP contribution in [0.25, 0.3) is 0 Å². The van der Waals surface area contributed by atoms with Crippen molar-refractivity contribution in [2.45, 2.75) is 12.5 Å². The van der Waals surface area contributed by atoms with Crippen molar-refractivity contribution in [2.75, 3.05) is 24.6 Å². The standard InChI is InChI=1S/C15H18N2O4/c1-2-7-16(8-9-18)15(21)17-12-6-4-3-5-11(12)10-13(17)14(19)20/h2-6,13,18H,1,7-10H2,(H,19,20)/t13-/m0/s1. The number of urea groups is 1. The van der Waals surface area contributed by atoms with Gasteiger partial charge in [0.25, 0.3) is 0 Å². The first-order valence-electron chi connectivity index (χ1n) is 6.70. The number of carbonyl (C=O) groups excluding carboxylic acids is 1. The van der Waals surface area contributed by atoms with Crippen LogP contribution >= 0.6 is 0 Å². The number of carboxylic acids is 1. The molecule has 21 heavy (non-hydrogen) atoms. The minimum Gasteiger partial charge on any atom is -0.480 e. The lowest BCUT2D eigenvalue weighted by Gasteiger charge is -2.29. The number of nitrogens with zero attached hydrogens (tertiary/aromatic N) is 2. The fourth-order valence-corrected chi connectivity index (χ4v) is 2.51. The summed E-state index contributed by atoms with van der Waals surface area (Å²) in [6, 6.07) is 5.81. The Hall–Kier alpha value is -2.34. The van der Waals surface area contributed by atoms with Crippen molar-refractivity contribution in [3.8, 4) is 0 Å². The van der Waals surface area contributed by atoms with Gasteiger partial charge < -0.3 is 15.1 Å². The zero-order chi connectivity index (χ0) is 15.4. The monoisotopic (exact) mass is 290 g/mol. The first kappa shape index (κ1) is 15.1. The van der Waals surface area contributed by atoms with E-state index in [2.05, 4.69) is 6.58 Å². The molecule has 2 rings (SSSR count). The predicted octanol–water partition coefficient (Wildman–Crippen LogP) is 1.10. The van der Waals surface area contributed by atoms with Gasteiger partial charge in [-0.15, -0.1) is 6.58 Å². The van der Waals surface area contributed by atoms with Crippen LogP contribution in [0.1, 0.15) is 5.56 Å². The second-order valence-corrected chi connectivity index (χ2v) is 4.80. The second-order valence-electron chi connectivity index (χ2n) is 4.80. The molecule has 1 aliphatic heterocycles. The van der Waals surface area contributed by atoms with Gasteiger partial charge in [-0.3, -0.25) is 4.90 Å². The Balaban J connectivity index is 2.35. The number of benzene rings is 1. The van der Waals surface area contributed by atoms with E-state index in [0.29, 0.717) is 5.69 Å². The van der Waals surface area contributed by atoms with Gasteiger partial charge in [0.05, 0.1) is 6.61 Å². The number of aliphatic carboxylic acids is 1. The van der Waals surface area contributed by atoms with Gasteiger partial charge in [-0.25, -0.2) is 9.59 Å². The van der Waals surface area contributed by atoms with E-state index in [0.717, 1.165) is 5.56 Å². The summed E-state index contributed by atoms with van der Waals surface area (Å²) in [7, 11) is 0. The molecule has 6 heteroatoms. The zero-order valence-electron chi connectivity index (χ0n) is 11.6. The summed E-state index contributed by atoms with van der Waals surface area (Å²) in [5, 5.41) is 18.4. The lowest BCUT2D eigenvalue weighted by molar-refractivity contribution is -0.138. The molecule has 2 amide bonds. The number of amides is 2. The smallest absolute Gasteiger partial charge is 0.327 e. The number of aliphatic hydroxyl groups excluding tert-OH is 1. The van der Waals surface area contributed by atoms with E-state index in [-0.39, 0.29) is 26.1 Å². The van der Waals surface area contributed by atoms with Crippen LogP contribution in [0.4, 0.5) is 10.5 Å². The van der Waals surface area contributed by atoms with E-state index >= 15 is 0 Å². The van der Waals surface area contributed by atoms with Crippen molar-refractivity contribution in [2.24, 2.45) is 0 Å². The van der Waals surface area contributed by atoms with Crippen LogP contribution in [0.15, 0.2) is 36.9 Å². The molecule has 2 N–H and O–H groups in total. The Labute approximate surface area is 122 Å². The van der Waals surface area contributed by atoms with Gasteiger partial charge in [-0.05, 0) is 11.6 Å². The molecule has 1 atom stereocenters. The van der Waals surface area contributed by atoms with Crippen molar-refractivity contribution < 1.29 is 19.8 Å². The molecule has 0 unspecified atom stereocenters. The topological polar surface area (TPSA) is 81.1 Å². The molecule has 0 radical (unpaired) electrons. The summed E-state index contributed by atoms with van der Waals surface area (Å²) in [6.07, 6.45) is 1.84. The van der Waals surface area contributed by atoms with Crippen molar-refractivity contribution in [1.29, 1.82) is 0 Å². The van der Waals surface area contributed by atoms with E-state index in [1.165, 1.54) is 9.80 Å². The van der Waals surface area contributed by atoms with Gasteiger partial charge >= 0.3 is 12.0 Å². The van der Waals surface area contributed by atoms with Crippen molar-refractivity contribution >= 4 is 17.7 Å². The summed E-state index contributed by atoms with van der Waals surface area (Å²) in [4.78, 5) is 26.7. The van der Waals surface area contributed by atoms with Crippen LogP contribution in [0.2, 0.25) is 0 Å². The van der Waals surface area contributed by atoms with Gasteiger partial charge in [0.2, 0.25) is 0 Å². The molecule has 1 aromatic carbocycles. The number of para-hydroxylation sites is 1. The summed E-state index contributed by atoms with van der Waals surface area (Å²) < 4.78 is 0. The van der Waals surface area contributed by atoms with Gasteiger partial charge in [0.1, 0.15) is 6.04 Å². The van der Waals surface area contributed by atoms with Crippen LogP contribution in [-0.4, -0.2) is 52.9 Å². The average Bonchev–Trinajstić information content (AvgIpc) is 2.86. The Morgan fingerprint density at radius 1 is 1.43 bits per heavy atom. The van der Waals surface area contributed by atoms with Gasteiger partial charge in [-0.1, -0.05) is 24.3 Å². The number of carboxylic acid groups (broad SMARTS) is 1. The molecule has 0 bridgehead atoms. The Morgan fingerprint density at radius 3 is 2.76 bits per heavy atom. The van der Waals surface area contributed by atoms with E-state index in [1.54, 1.807) is 18.2 Å². The van der Waals surface area contributed by atoms with Crippen LogP contribution < -0.4 is 4.90 Å². The molecule has 6 nitrogen and oxygen atoms in total. The third kappa shape index (κ3) is 2.90. The first-order valence-corrected chi connectivity index (χ1v) is 6.70. The highest BCUT2D eigenvalue weighted by Crippen LogP contribution is 2.33. The summed E-state index contributed by atoms with van der Waals surface area (Å²) >= 11 is 0. The van der Waals surface area contributed by atoms with Gasteiger partial charge in [0, 0.05) is 25.2 Å². The van der Waals surface area contributed by atoms with E-state index in [1.807, 2.05) is 12.1 Å². The molecule has 0 aromatic heterocycles. The molecule has 1 heterocycles. The number of hydrogen-bond acceptors (Lipinski definition) is 3. The highest BCUT2D eigenvalue weighted by atomic mass is 16.4. The highest BCUT2D eigenvalue weighted by molar-refractivity contribution is 6.01. The summed E-state index contributed by atoms with van der Waals surface area (Å²) in [5.41, 5.74) is 1.45. The van der Waals surface area contributed by atoms with Gasteiger partial charge in [0.15, 0.2) is 0 Å². The number of fused-ring (bicyclic) bond motifs is 1. The number of hydrogen-bond donors (Lipinski definition) is 2. The number of anilines is 1. The minimum absolute atomic E-state index is 0.135. The fourth-order valence-electron chi connectivity index (χ4n) is 2.51. The molecule has 0 aliphatic carbocycles. The van der Waals surface area contributed by atoms with Gasteiger partial charge in [-0.2, -0.15) is 0 Å². The molecule has 0 fully saturated rings. The SMILES string of the molecule is C=CCN(CCO)C(=O)N1c2ccccc2C[C@H]1C(=O)O. The zero-order valence-corrected chi connectivity index (χ0v) is 11.6. The molecular weight excluding hydrogens is 272 g/mol. The first-order chi connectivity index (χ1) is 10.1. The molecule has 0 saturated heterocycles. The predicted molar refractivity (Wildman–Crippen MR) is 78.3 cm³/mol. The third-order valence-electron chi connectivity index (χ3n) is 3.46. The maximum Gasteiger partial charge on any atom is 0.327 e. The fraction of sp³-hybridized carbons (Fsp3) is 0.333. The van der Waals surface area contributed by atoms with E-state index in [4.69, 9.17) is 5.11 Å². The summed E-state index contributed by atoms with van der Waals surface area (Å²) in [6.45, 7) is 3.78. The Bertz CT molecular complexity index is 558. The van der Waals surface area contributed by atoms with E-state index < -0.39 is 18.0 Å². The maximum atomic E-state index is 12.6. The molecule has 0 saturated carbocycles. The lowest BCUT2D eigenvalue weighted by Crippen LogP contribution is -2.50. The maximum absolute atomic E-state index is 12.6. The van der Waals surface area contributed by atoms with E-state index in [9.17, 15) is 14.7 Å². The minimum atomic E-state index is -1.04. The molecule has 1 aromatic rings. The highest BCUT2D eigenvalue weighted by Gasteiger charge is 2.39. The normalized spacial score (nSPS) is 16.4. The molecular formula is C15H18N2O4. The number of carbonyl (C=O) groups is 2. The van der Waals surface area contributed by atoms with Crippen LogP contribution in [0, 0.1) is 0 Å². The van der Waals surface area contributed by atoms with Crippen molar-refractivity contribution in [1.82, 2.24) is 4.90 Å². The average molecular weight is 290 g/mol. The molecule has 0 spiro atoms. The van der Waals surface area contributed by atoms with Crippen molar-refractivity contribution in [3.05, 3.63) is 42.5 Å². The third-order valence-corrected chi connectivity index (χ3v) is 3.46. The van der Waals surface area contributed by atoms with Crippen molar-refractivity contribution in [3.63, 3.8) is 0 Å². The quantitative estimate of drug-likeness (QED) is 0.796. The summed E-state index contributed by atoms with van der Waals surface area (Å²) in [5.74, 6) is -1.04. The molecule has 1 aliphatic rings.